The van der Waals surface area contributed by atoms with Crippen LogP contribution in [0, 0.1) is 0 Å². The number of halogens is 1. The summed E-state index contributed by atoms with van der Waals surface area (Å²) in [5, 5.41) is 2.63. The van der Waals surface area contributed by atoms with Gasteiger partial charge in [-0.3, -0.25) is 4.79 Å². The number of carbonyl (C=O) groups excluding carboxylic acids is 1. The van der Waals surface area contributed by atoms with E-state index in [4.69, 9.17) is 0 Å². The molecule has 0 saturated heterocycles. The standard InChI is InChI=1S/C8H17BrN2O3S/c1-6(9)7(12)10-5-8(2,3)11-15(4,13)14/h6,11H,5H2,1-4H3,(H,10,12). The topological polar surface area (TPSA) is 75.3 Å². The van der Waals surface area contributed by atoms with Crippen molar-refractivity contribution in [2.45, 2.75) is 31.1 Å². The number of alkyl halides is 1. The number of hydrogen-bond donors (Lipinski definition) is 2. The third-order valence-corrected chi connectivity index (χ3v) is 2.87. The van der Waals surface area contributed by atoms with Gasteiger partial charge in [0.1, 0.15) is 0 Å². The Balaban J connectivity index is 4.22. The van der Waals surface area contributed by atoms with Crippen molar-refractivity contribution >= 4 is 31.9 Å². The second kappa shape index (κ2) is 5.27. The van der Waals surface area contributed by atoms with E-state index in [1.807, 2.05) is 0 Å². The Hall–Kier alpha value is -0.140. The van der Waals surface area contributed by atoms with Crippen LogP contribution < -0.4 is 10.0 Å². The monoisotopic (exact) mass is 300 g/mol. The number of carbonyl (C=O) groups is 1. The first-order valence-electron chi connectivity index (χ1n) is 4.44. The fourth-order valence-electron chi connectivity index (χ4n) is 0.987. The summed E-state index contributed by atoms with van der Waals surface area (Å²) in [6.07, 6.45) is 1.09. The molecular formula is C8H17BrN2O3S. The highest BCUT2D eigenvalue weighted by Gasteiger charge is 2.23. The van der Waals surface area contributed by atoms with Gasteiger partial charge in [0.2, 0.25) is 15.9 Å². The van der Waals surface area contributed by atoms with E-state index in [1.165, 1.54) is 0 Å². The van der Waals surface area contributed by atoms with Crippen LogP contribution in [0.5, 0.6) is 0 Å². The maximum Gasteiger partial charge on any atom is 0.233 e. The van der Waals surface area contributed by atoms with Crippen molar-refractivity contribution in [2.75, 3.05) is 12.8 Å². The van der Waals surface area contributed by atoms with Crippen LogP contribution in [0.3, 0.4) is 0 Å². The van der Waals surface area contributed by atoms with Crippen LogP contribution in [0.1, 0.15) is 20.8 Å². The minimum absolute atomic E-state index is 0.168. The summed E-state index contributed by atoms with van der Waals surface area (Å²) in [6, 6.07) is 0. The quantitative estimate of drug-likeness (QED) is 0.713. The van der Waals surface area contributed by atoms with E-state index >= 15 is 0 Å². The van der Waals surface area contributed by atoms with Crippen molar-refractivity contribution in [1.82, 2.24) is 10.0 Å². The van der Waals surface area contributed by atoms with Gasteiger partial charge in [-0.25, -0.2) is 13.1 Å². The lowest BCUT2D eigenvalue weighted by Crippen LogP contribution is -2.51. The molecule has 0 rings (SSSR count). The molecule has 2 N–H and O–H groups in total. The molecule has 0 radical (unpaired) electrons. The van der Waals surface area contributed by atoms with Gasteiger partial charge in [0.05, 0.1) is 11.1 Å². The van der Waals surface area contributed by atoms with Gasteiger partial charge >= 0.3 is 0 Å². The van der Waals surface area contributed by atoms with Gasteiger partial charge in [0.15, 0.2) is 0 Å². The van der Waals surface area contributed by atoms with E-state index in [0.717, 1.165) is 6.26 Å². The summed E-state index contributed by atoms with van der Waals surface area (Å²) >= 11 is 3.12. The van der Waals surface area contributed by atoms with Gasteiger partial charge in [-0.1, -0.05) is 15.9 Å². The first kappa shape index (κ1) is 14.9. The molecule has 0 bridgehead atoms. The third kappa shape index (κ3) is 7.75. The molecule has 90 valence electrons. The highest BCUT2D eigenvalue weighted by atomic mass is 79.9. The highest BCUT2D eigenvalue weighted by molar-refractivity contribution is 9.10. The smallest absolute Gasteiger partial charge is 0.233 e. The lowest BCUT2D eigenvalue weighted by molar-refractivity contribution is -0.120. The fourth-order valence-corrected chi connectivity index (χ4v) is 2.22. The van der Waals surface area contributed by atoms with Crippen molar-refractivity contribution in [3.63, 3.8) is 0 Å². The zero-order chi connectivity index (χ0) is 12.3. The van der Waals surface area contributed by atoms with Crippen LogP contribution in [-0.2, 0) is 14.8 Å². The maximum absolute atomic E-state index is 11.2. The fraction of sp³-hybridized carbons (Fsp3) is 0.875. The molecule has 0 aliphatic rings. The van der Waals surface area contributed by atoms with Crippen LogP contribution >= 0.6 is 15.9 Å². The predicted molar refractivity (Wildman–Crippen MR) is 63.5 cm³/mol. The van der Waals surface area contributed by atoms with E-state index in [0.29, 0.717) is 0 Å². The van der Waals surface area contributed by atoms with Crippen molar-refractivity contribution < 1.29 is 13.2 Å². The summed E-state index contributed by atoms with van der Waals surface area (Å²) in [4.78, 5) is 10.9. The Labute approximate surface area is 99.2 Å². The Morgan fingerprint density at radius 3 is 2.27 bits per heavy atom. The molecule has 0 aliphatic heterocycles. The summed E-state index contributed by atoms with van der Waals surface area (Å²) in [5.74, 6) is -0.168. The van der Waals surface area contributed by atoms with Crippen molar-refractivity contribution in [3.05, 3.63) is 0 Å². The minimum atomic E-state index is -3.26. The van der Waals surface area contributed by atoms with Gasteiger partial charge in [-0.15, -0.1) is 0 Å². The SMILES string of the molecule is CC(Br)C(=O)NCC(C)(C)NS(C)(=O)=O. The van der Waals surface area contributed by atoms with Crippen molar-refractivity contribution in [1.29, 1.82) is 0 Å². The zero-order valence-electron chi connectivity index (χ0n) is 9.30. The van der Waals surface area contributed by atoms with E-state index < -0.39 is 15.6 Å². The predicted octanol–water partition coefficient (Wildman–Crippen LogP) is 0.214. The summed E-state index contributed by atoms with van der Waals surface area (Å²) in [6.45, 7) is 5.35. The van der Waals surface area contributed by atoms with Gasteiger partial charge in [0.25, 0.3) is 0 Å². The molecule has 0 aromatic carbocycles. The number of sulfonamides is 1. The number of hydrogen-bond acceptors (Lipinski definition) is 3. The van der Waals surface area contributed by atoms with Crippen LogP contribution in [0.4, 0.5) is 0 Å². The number of rotatable bonds is 5. The normalized spacial score (nSPS) is 14.7. The molecule has 0 aromatic rings. The third-order valence-electron chi connectivity index (χ3n) is 1.53. The molecule has 7 heteroatoms. The molecule has 0 fully saturated rings. The molecule has 15 heavy (non-hydrogen) atoms. The van der Waals surface area contributed by atoms with E-state index in [-0.39, 0.29) is 17.3 Å². The Morgan fingerprint density at radius 2 is 1.93 bits per heavy atom. The van der Waals surface area contributed by atoms with Crippen molar-refractivity contribution in [2.24, 2.45) is 0 Å². The first-order valence-corrected chi connectivity index (χ1v) is 7.25. The molecule has 5 nitrogen and oxygen atoms in total. The van der Waals surface area contributed by atoms with E-state index in [2.05, 4.69) is 26.0 Å². The van der Waals surface area contributed by atoms with E-state index in [9.17, 15) is 13.2 Å². The summed E-state index contributed by atoms with van der Waals surface area (Å²) < 4.78 is 24.4. The molecule has 0 aliphatic carbocycles. The molecular weight excluding hydrogens is 284 g/mol. The molecule has 0 spiro atoms. The second-order valence-electron chi connectivity index (χ2n) is 4.09. The van der Waals surface area contributed by atoms with Crippen LogP contribution in [-0.4, -0.2) is 37.5 Å². The van der Waals surface area contributed by atoms with Gasteiger partial charge in [0, 0.05) is 12.1 Å². The van der Waals surface area contributed by atoms with Gasteiger partial charge in [-0.05, 0) is 20.8 Å². The lowest BCUT2D eigenvalue weighted by Gasteiger charge is -2.25. The molecule has 0 heterocycles. The lowest BCUT2D eigenvalue weighted by atomic mass is 10.1. The Morgan fingerprint density at radius 1 is 1.47 bits per heavy atom. The summed E-state index contributed by atoms with van der Waals surface area (Å²) in [7, 11) is -3.26. The average Bonchev–Trinajstić information content (AvgIpc) is 1.95. The van der Waals surface area contributed by atoms with Crippen LogP contribution in [0.25, 0.3) is 0 Å². The van der Waals surface area contributed by atoms with Crippen LogP contribution in [0.2, 0.25) is 0 Å². The number of nitrogens with one attached hydrogen (secondary N) is 2. The van der Waals surface area contributed by atoms with Gasteiger partial charge in [-0.2, -0.15) is 0 Å². The molecule has 1 unspecified atom stereocenters. The average molecular weight is 301 g/mol. The van der Waals surface area contributed by atoms with E-state index in [1.54, 1.807) is 20.8 Å². The second-order valence-corrected chi connectivity index (χ2v) is 7.21. The van der Waals surface area contributed by atoms with Crippen LogP contribution in [0.15, 0.2) is 0 Å². The van der Waals surface area contributed by atoms with Crippen molar-refractivity contribution in [3.8, 4) is 0 Å². The minimum Gasteiger partial charge on any atom is -0.353 e. The summed E-state index contributed by atoms with van der Waals surface area (Å²) in [5.41, 5.74) is -0.689. The first-order chi connectivity index (χ1) is 6.53. The Bertz CT molecular complexity index is 325. The largest absolute Gasteiger partial charge is 0.353 e. The molecule has 0 saturated carbocycles. The molecule has 1 atom stereocenters. The Kier molecular flexibility index (Phi) is 5.22. The zero-order valence-corrected chi connectivity index (χ0v) is 11.7. The molecule has 1 amide bonds. The highest BCUT2D eigenvalue weighted by Crippen LogP contribution is 2.03. The maximum atomic E-state index is 11.2. The van der Waals surface area contributed by atoms with Gasteiger partial charge < -0.3 is 5.32 Å². The number of amides is 1. The molecule has 0 aromatic heterocycles.